The predicted octanol–water partition coefficient (Wildman–Crippen LogP) is 3.47. The molecule has 6 nitrogen and oxygen atoms in total. The summed E-state index contributed by atoms with van der Waals surface area (Å²) in [4.78, 5) is 15.6. The van der Waals surface area contributed by atoms with Crippen molar-refractivity contribution in [3.63, 3.8) is 0 Å². The topological polar surface area (TPSA) is 86.5 Å². The van der Waals surface area contributed by atoms with Gasteiger partial charge in [0.25, 0.3) is 0 Å². The molecular formula is C16H18ClN3O3. The molecule has 0 spiro atoms. The lowest BCUT2D eigenvalue weighted by molar-refractivity contribution is -0.143. The second kappa shape index (κ2) is 7.69. The van der Waals surface area contributed by atoms with Crippen LogP contribution in [0.2, 0.25) is 5.02 Å². The molecule has 1 atom stereocenters. The van der Waals surface area contributed by atoms with E-state index in [1.165, 1.54) is 6.20 Å². The molecule has 1 aromatic heterocycles. The fraction of sp³-hybridized carbons (Fsp3) is 0.250. The number of carbonyl (C=O) groups is 1. The van der Waals surface area contributed by atoms with Crippen molar-refractivity contribution >= 4 is 28.9 Å². The molecule has 7 heteroatoms. The number of rotatable bonds is 6. The van der Waals surface area contributed by atoms with Crippen molar-refractivity contribution in [2.45, 2.75) is 19.9 Å². The molecule has 0 bridgehead atoms. The predicted molar refractivity (Wildman–Crippen MR) is 89.9 cm³/mol. The lowest BCUT2D eigenvalue weighted by Gasteiger charge is -2.14. The number of halogens is 1. The number of esters is 1. The van der Waals surface area contributed by atoms with Gasteiger partial charge in [0.05, 0.1) is 18.5 Å². The molecule has 122 valence electrons. The largest absolute Gasteiger partial charge is 0.464 e. The number of hydrogen-bond donors (Lipinski definition) is 2. The second-order valence-corrected chi connectivity index (χ2v) is 5.21. The molecule has 0 aliphatic carbocycles. The summed E-state index contributed by atoms with van der Waals surface area (Å²) in [6, 6.07) is 8.20. The Labute approximate surface area is 139 Å². The van der Waals surface area contributed by atoms with E-state index in [0.717, 1.165) is 5.69 Å². The van der Waals surface area contributed by atoms with Gasteiger partial charge < -0.3 is 20.5 Å². The van der Waals surface area contributed by atoms with Crippen LogP contribution >= 0.6 is 11.6 Å². The van der Waals surface area contributed by atoms with Crippen molar-refractivity contribution in [2.75, 3.05) is 17.7 Å². The maximum atomic E-state index is 11.6. The first-order chi connectivity index (χ1) is 11.0. The molecule has 1 aromatic carbocycles. The zero-order valence-electron chi connectivity index (χ0n) is 12.9. The van der Waals surface area contributed by atoms with Gasteiger partial charge in [-0.05, 0) is 44.2 Å². The van der Waals surface area contributed by atoms with Crippen molar-refractivity contribution in [2.24, 2.45) is 0 Å². The van der Waals surface area contributed by atoms with Gasteiger partial charge in [-0.2, -0.15) is 0 Å². The van der Waals surface area contributed by atoms with Crippen LogP contribution in [0, 0.1) is 0 Å². The van der Waals surface area contributed by atoms with Crippen LogP contribution in [0.15, 0.2) is 36.5 Å². The van der Waals surface area contributed by atoms with E-state index < -0.39 is 6.04 Å². The Morgan fingerprint density at radius 3 is 2.70 bits per heavy atom. The standard InChI is InChI=1S/C16H18ClN3O3/c1-3-22-16(21)10(2)20-12-4-6-13(7-5-12)23-15-14(17)8-11(18)9-19-15/h4-10,20H,3,18H2,1-2H3. The van der Waals surface area contributed by atoms with Gasteiger partial charge in [-0.25, -0.2) is 9.78 Å². The Hall–Kier alpha value is -2.47. The SMILES string of the molecule is CCOC(=O)C(C)Nc1ccc(Oc2ncc(N)cc2Cl)cc1. The number of pyridine rings is 1. The molecule has 3 N–H and O–H groups in total. The van der Waals surface area contributed by atoms with Crippen LogP contribution in [0.5, 0.6) is 11.6 Å². The maximum absolute atomic E-state index is 11.6. The van der Waals surface area contributed by atoms with Gasteiger partial charge >= 0.3 is 5.97 Å². The summed E-state index contributed by atoms with van der Waals surface area (Å²) in [5.41, 5.74) is 6.82. The first-order valence-electron chi connectivity index (χ1n) is 7.11. The van der Waals surface area contributed by atoms with Crippen LogP contribution in [0.3, 0.4) is 0 Å². The molecule has 0 fully saturated rings. The first kappa shape index (κ1) is 16.9. The minimum Gasteiger partial charge on any atom is -0.464 e. The number of carbonyl (C=O) groups excluding carboxylic acids is 1. The second-order valence-electron chi connectivity index (χ2n) is 4.80. The van der Waals surface area contributed by atoms with Gasteiger partial charge in [-0.15, -0.1) is 0 Å². The van der Waals surface area contributed by atoms with E-state index in [0.29, 0.717) is 23.1 Å². The quantitative estimate of drug-likeness (QED) is 0.786. The van der Waals surface area contributed by atoms with Crippen molar-refractivity contribution in [1.82, 2.24) is 4.98 Å². The lowest BCUT2D eigenvalue weighted by Crippen LogP contribution is -2.28. The van der Waals surface area contributed by atoms with Crippen molar-refractivity contribution in [3.8, 4) is 11.6 Å². The number of nitrogens with zero attached hydrogens (tertiary/aromatic N) is 1. The summed E-state index contributed by atoms with van der Waals surface area (Å²) in [5.74, 6) is 0.547. The highest BCUT2D eigenvalue weighted by Crippen LogP contribution is 2.28. The van der Waals surface area contributed by atoms with Gasteiger partial charge in [-0.3, -0.25) is 0 Å². The van der Waals surface area contributed by atoms with E-state index in [4.69, 9.17) is 26.8 Å². The summed E-state index contributed by atoms with van der Waals surface area (Å²) >= 11 is 6.01. The van der Waals surface area contributed by atoms with Gasteiger partial charge in [0.2, 0.25) is 5.88 Å². The normalized spacial score (nSPS) is 11.6. The third-order valence-corrected chi connectivity index (χ3v) is 3.19. The molecule has 2 rings (SSSR count). The van der Waals surface area contributed by atoms with Crippen LogP contribution in [-0.4, -0.2) is 23.6 Å². The summed E-state index contributed by atoms with van der Waals surface area (Å²) in [6.07, 6.45) is 1.47. The number of benzene rings is 1. The molecule has 0 aliphatic rings. The molecule has 1 heterocycles. The van der Waals surface area contributed by atoms with Crippen LogP contribution < -0.4 is 15.8 Å². The van der Waals surface area contributed by atoms with E-state index in [9.17, 15) is 4.79 Å². The molecule has 1 unspecified atom stereocenters. The van der Waals surface area contributed by atoms with E-state index in [-0.39, 0.29) is 11.8 Å². The van der Waals surface area contributed by atoms with Crippen LogP contribution in [-0.2, 0) is 9.53 Å². The fourth-order valence-electron chi connectivity index (χ4n) is 1.82. The van der Waals surface area contributed by atoms with Crippen LogP contribution in [0.25, 0.3) is 0 Å². The van der Waals surface area contributed by atoms with E-state index >= 15 is 0 Å². The van der Waals surface area contributed by atoms with E-state index in [1.54, 1.807) is 44.2 Å². The summed E-state index contributed by atoms with van der Waals surface area (Å²) in [6.45, 7) is 3.86. The zero-order valence-corrected chi connectivity index (χ0v) is 13.6. The zero-order chi connectivity index (χ0) is 16.8. The smallest absolute Gasteiger partial charge is 0.328 e. The molecule has 0 saturated carbocycles. The van der Waals surface area contributed by atoms with Crippen molar-refractivity contribution < 1.29 is 14.3 Å². The number of nitrogen functional groups attached to an aromatic ring is 1. The Morgan fingerprint density at radius 2 is 2.09 bits per heavy atom. The van der Waals surface area contributed by atoms with Gasteiger partial charge in [0.1, 0.15) is 16.8 Å². The van der Waals surface area contributed by atoms with Gasteiger partial charge in [0, 0.05) is 5.69 Å². The number of hydrogen-bond acceptors (Lipinski definition) is 6. The van der Waals surface area contributed by atoms with Gasteiger partial charge in [-0.1, -0.05) is 11.6 Å². The Bertz CT molecular complexity index is 677. The lowest BCUT2D eigenvalue weighted by atomic mass is 10.2. The monoisotopic (exact) mass is 335 g/mol. The Balaban J connectivity index is 2.00. The highest BCUT2D eigenvalue weighted by molar-refractivity contribution is 6.32. The van der Waals surface area contributed by atoms with Crippen LogP contribution in [0.4, 0.5) is 11.4 Å². The number of aromatic nitrogens is 1. The number of nitrogens with two attached hydrogens (primary N) is 1. The average molecular weight is 336 g/mol. The minimum absolute atomic E-state index is 0.279. The van der Waals surface area contributed by atoms with Gasteiger partial charge in [0.15, 0.2) is 0 Å². The molecule has 2 aromatic rings. The number of nitrogens with one attached hydrogen (secondary N) is 1. The Kier molecular flexibility index (Phi) is 5.65. The highest BCUT2D eigenvalue weighted by Gasteiger charge is 2.13. The molecule has 0 aliphatic heterocycles. The summed E-state index contributed by atoms with van der Waals surface area (Å²) < 4.78 is 10.5. The van der Waals surface area contributed by atoms with Crippen LogP contribution in [0.1, 0.15) is 13.8 Å². The van der Waals surface area contributed by atoms with E-state index in [1.807, 2.05) is 0 Å². The van der Waals surface area contributed by atoms with E-state index in [2.05, 4.69) is 10.3 Å². The van der Waals surface area contributed by atoms with Crippen molar-refractivity contribution in [3.05, 3.63) is 41.6 Å². The fourth-order valence-corrected chi connectivity index (χ4v) is 2.04. The summed E-state index contributed by atoms with van der Waals surface area (Å²) in [5, 5.41) is 3.38. The molecular weight excluding hydrogens is 318 g/mol. The number of ether oxygens (including phenoxy) is 2. The molecule has 0 saturated heterocycles. The average Bonchev–Trinajstić information content (AvgIpc) is 2.52. The minimum atomic E-state index is -0.435. The third kappa shape index (κ3) is 4.75. The maximum Gasteiger partial charge on any atom is 0.328 e. The number of anilines is 2. The summed E-state index contributed by atoms with van der Waals surface area (Å²) in [7, 11) is 0. The molecule has 0 radical (unpaired) electrons. The highest BCUT2D eigenvalue weighted by atomic mass is 35.5. The molecule has 0 amide bonds. The van der Waals surface area contributed by atoms with Crippen molar-refractivity contribution in [1.29, 1.82) is 0 Å². The Morgan fingerprint density at radius 1 is 1.39 bits per heavy atom. The first-order valence-corrected chi connectivity index (χ1v) is 7.49. The molecule has 23 heavy (non-hydrogen) atoms. The third-order valence-electron chi connectivity index (χ3n) is 2.92.